The summed E-state index contributed by atoms with van der Waals surface area (Å²) in [7, 11) is 1.41. The van der Waals surface area contributed by atoms with Crippen LogP contribution in [0.15, 0.2) is 40.8 Å². The van der Waals surface area contributed by atoms with Crippen molar-refractivity contribution in [1.82, 2.24) is 19.3 Å². The van der Waals surface area contributed by atoms with E-state index in [-0.39, 0.29) is 5.56 Å². The Morgan fingerprint density at radius 3 is 2.96 bits per heavy atom. The average Bonchev–Trinajstić information content (AvgIpc) is 3.22. The van der Waals surface area contributed by atoms with E-state index in [1.165, 1.54) is 35.4 Å². The number of nitrogens with zero attached hydrogens (tertiary/aromatic N) is 5. The quantitative estimate of drug-likeness (QED) is 0.560. The highest BCUT2D eigenvalue weighted by Crippen LogP contribution is 2.29. The lowest BCUT2D eigenvalue weighted by atomic mass is 10.2. The van der Waals surface area contributed by atoms with E-state index >= 15 is 0 Å². The third-order valence-electron chi connectivity index (χ3n) is 3.54. The highest BCUT2D eigenvalue weighted by molar-refractivity contribution is 7.13. The minimum Gasteiger partial charge on any atom is -0.414 e. The Kier molecular flexibility index (Phi) is 2.89. The van der Waals surface area contributed by atoms with Crippen LogP contribution in [0.25, 0.3) is 27.1 Å². The Hall–Kier alpha value is -3.18. The zero-order valence-corrected chi connectivity index (χ0v) is 12.7. The summed E-state index contributed by atoms with van der Waals surface area (Å²) in [6, 6.07) is 7.66. The summed E-state index contributed by atoms with van der Waals surface area (Å²) in [5.74, 6) is 0. The molecule has 7 nitrogen and oxygen atoms in total. The molecule has 0 N–H and O–H groups in total. The van der Waals surface area contributed by atoms with Gasteiger partial charge in [0.1, 0.15) is 24.4 Å². The predicted octanol–water partition coefficient (Wildman–Crippen LogP) is 1.70. The number of hydrogen-bond donors (Lipinski definition) is 0. The van der Waals surface area contributed by atoms with Crippen LogP contribution in [0.3, 0.4) is 0 Å². The van der Waals surface area contributed by atoms with Crippen molar-refractivity contribution in [2.75, 3.05) is 7.11 Å². The van der Waals surface area contributed by atoms with Crippen molar-refractivity contribution in [2.24, 2.45) is 0 Å². The molecule has 0 radical (unpaired) electrons. The van der Waals surface area contributed by atoms with Crippen molar-refractivity contribution in [3.8, 4) is 16.6 Å². The van der Waals surface area contributed by atoms with Crippen LogP contribution in [0.5, 0.6) is 0 Å². The molecule has 0 bridgehead atoms. The van der Waals surface area contributed by atoms with E-state index in [9.17, 15) is 10.1 Å². The van der Waals surface area contributed by atoms with Crippen molar-refractivity contribution >= 4 is 27.9 Å². The largest absolute Gasteiger partial charge is 0.414 e. The molecule has 0 aliphatic rings. The lowest BCUT2D eigenvalue weighted by Crippen LogP contribution is -2.24. The molecular weight excluding hydrogens is 314 g/mol. The highest BCUT2D eigenvalue weighted by atomic mass is 32.1. The Morgan fingerprint density at radius 1 is 1.39 bits per heavy atom. The minimum atomic E-state index is -0.328. The van der Waals surface area contributed by atoms with E-state index in [1.807, 2.05) is 17.5 Å². The van der Waals surface area contributed by atoms with Crippen molar-refractivity contribution in [1.29, 1.82) is 5.26 Å². The number of aromatic nitrogens is 4. The lowest BCUT2D eigenvalue weighted by Gasteiger charge is -2.05. The SMILES string of the molecule is COn1ccc2c(cnc3c(C#N)c(-c4cccs4)nn32)c1=O. The first-order valence-electron chi connectivity index (χ1n) is 6.66. The second kappa shape index (κ2) is 4.93. The second-order valence-corrected chi connectivity index (χ2v) is 5.68. The molecular formula is C15H9N5O2S. The third kappa shape index (κ3) is 1.84. The summed E-state index contributed by atoms with van der Waals surface area (Å²) < 4.78 is 2.65. The smallest absolute Gasteiger partial charge is 0.294 e. The van der Waals surface area contributed by atoms with Crippen LogP contribution in [0.4, 0.5) is 0 Å². The molecule has 4 heterocycles. The zero-order valence-electron chi connectivity index (χ0n) is 11.9. The first-order chi connectivity index (χ1) is 11.2. The van der Waals surface area contributed by atoms with Crippen molar-refractivity contribution in [3.05, 3.63) is 51.9 Å². The third-order valence-corrected chi connectivity index (χ3v) is 4.42. The molecule has 8 heteroatoms. The van der Waals surface area contributed by atoms with Gasteiger partial charge in [-0.15, -0.1) is 11.3 Å². The topological polar surface area (TPSA) is 85.2 Å². The van der Waals surface area contributed by atoms with Gasteiger partial charge in [-0.3, -0.25) is 4.79 Å². The van der Waals surface area contributed by atoms with E-state index in [1.54, 1.807) is 6.07 Å². The lowest BCUT2D eigenvalue weighted by molar-refractivity contribution is 0.158. The number of hydrogen-bond acceptors (Lipinski definition) is 6. The fourth-order valence-corrected chi connectivity index (χ4v) is 3.20. The van der Waals surface area contributed by atoms with Gasteiger partial charge in [-0.05, 0) is 17.5 Å². The van der Waals surface area contributed by atoms with Gasteiger partial charge < -0.3 is 4.84 Å². The summed E-state index contributed by atoms with van der Waals surface area (Å²) >= 11 is 1.49. The first kappa shape index (κ1) is 13.5. The second-order valence-electron chi connectivity index (χ2n) is 4.73. The monoisotopic (exact) mass is 323 g/mol. The molecule has 0 spiro atoms. The van der Waals surface area contributed by atoms with Crippen LogP contribution >= 0.6 is 11.3 Å². The predicted molar refractivity (Wildman–Crippen MR) is 85.3 cm³/mol. The molecule has 4 aromatic rings. The van der Waals surface area contributed by atoms with Gasteiger partial charge in [-0.1, -0.05) is 6.07 Å². The number of pyridine rings is 1. The summed E-state index contributed by atoms with van der Waals surface area (Å²) in [5, 5.41) is 16.3. The van der Waals surface area contributed by atoms with E-state index < -0.39 is 0 Å². The molecule has 23 heavy (non-hydrogen) atoms. The fourth-order valence-electron chi connectivity index (χ4n) is 2.48. The molecule has 0 unspecified atom stereocenters. The first-order valence-corrected chi connectivity index (χ1v) is 7.54. The molecule has 0 saturated carbocycles. The molecule has 0 aliphatic heterocycles. The summed E-state index contributed by atoms with van der Waals surface area (Å²) in [6.45, 7) is 0. The Morgan fingerprint density at radius 2 is 2.26 bits per heavy atom. The van der Waals surface area contributed by atoms with Gasteiger partial charge >= 0.3 is 0 Å². The molecule has 4 aromatic heterocycles. The maximum atomic E-state index is 12.3. The standard InChI is InChI=1S/C15H9N5O2S/c1-22-19-5-4-11-10(15(19)21)8-17-14-9(7-16)13(18-20(11)14)12-3-2-6-23-12/h2-6,8H,1H3. The molecule has 0 atom stereocenters. The molecule has 0 aliphatic carbocycles. The Bertz CT molecular complexity index is 1130. The van der Waals surface area contributed by atoms with Gasteiger partial charge in [0.15, 0.2) is 5.65 Å². The van der Waals surface area contributed by atoms with Gasteiger partial charge in [-0.2, -0.15) is 15.1 Å². The maximum absolute atomic E-state index is 12.3. The van der Waals surface area contributed by atoms with Crippen molar-refractivity contribution in [3.63, 3.8) is 0 Å². The minimum absolute atomic E-state index is 0.328. The van der Waals surface area contributed by atoms with Gasteiger partial charge in [0.25, 0.3) is 5.56 Å². The van der Waals surface area contributed by atoms with Gasteiger partial charge in [0, 0.05) is 6.20 Å². The molecule has 112 valence electrons. The number of nitriles is 1. The van der Waals surface area contributed by atoms with Crippen LogP contribution in [0.1, 0.15) is 5.56 Å². The normalized spacial score (nSPS) is 11.0. The van der Waals surface area contributed by atoms with E-state index in [4.69, 9.17) is 4.84 Å². The highest BCUT2D eigenvalue weighted by Gasteiger charge is 2.18. The fraction of sp³-hybridized carbons (Fsp3) is 0.0667. The molecule has 0 aromatic carbocycles. The van der Waals surface area contributed by atoms with Gasteiger partial charge in [0.05, 0.1) is 22.0 Å². The summed E-state index contributed by atoms with van der Waals surface area (Å²) in [4.78, 5) is 22.4. The van der Waals surface area contributed by atoms with Crippen LogP contribution in [-0.4, -0.2) is 26.4 Å². The van der Waals surface area contributed by atoms with Crippen LogP contribution in [0.2, 0.25) is 0 Å². The van der Waals surface area contributed by atoms with E-state index in [0.717, 1.165) is 9.61 Å². The van der Waals surface area contributed by atoms with Gasteiger partial charge in [0.2, 0.25) is 0 Å². The zero-order chi connectivity index (χ0) is 16.0. The summed E-state index contributed by atoms with van der Waals surface area (Å²) in [5.41, 5.74) is 1.64. The Balaban J connectivity index is 2.14. The van der Waals surface area contributed by atoms with Crippen molar-refractivity contribution < 1.29 is 4.84 Å². The van der Waals surface area contributed by atoms with E-state index in [0.29, 0.717) is 27.8 Å². The number of rotatable bonds is 2. The molecule has 0 fully saturated rings. The van der Waals surface area contributed by atoms with E-state index in [2.05, 4.69) is 16.2 Å². The Labute approximate surface area is 133 Å². The molecule has 0 saturated heterocycles. The average molecular weight is 323 g/mol. The molecule has 0 amide bonds. The van der Waals surface area contributed by atoms with Crippen LogP contribution < -0.4 is 10.4 Å². The number of thiophene rings is 1. The van der Waals surface area contributed by atoms with Crippen molar-refractivity contribution in [2.45, 2.75) is 0 Å². The summed E-state index contributed by atoms with van der Waals surface area (Å²) in [6.07, 6.45) is 2.96. The molecule has 4 rings (SSSR count). The van der Waals surface area contributed by atoms with Crippen LogP contribution in [-0.2, 0) is 0 Å². The number of fused-ring (bicyclic) bond motifs is 3. The van der Waals surface area contributed by atoms with Gasteiger partial charge in [-0.25, -0.2) is 9.50 Å². The van der Waals surface area contributed by atoms with Crippen LogP contribution in [0, 0.1) is 11.3 Å². The maximum Gasteiger partial charge on any atom is 0.294 e.